The van der Waals surface area contributed by atoms with Crippen LogP contribution in [0, 0.1) is 5.92 Å². The maximum atomic E-state index is 13.2. The van der Waals surface area contributed by atoms with E-state index in [2.05, 4.69) is 16.7 Å². The Bertz CT molecular complexity index is 914. The van der Waals surface area contributed by atoms with Gasteiger partial charge in [-0.3, -0.25) is 9.69 Å². The molecule has 1 aliphatic carbocycles. The smallest absolute Gasteiger partial charge is 0.410 e. The predicted molar refractivity (Wildman–Crippen MR) is 146 cm³/mol. The van der Waals surface area contributed by atoms with Crippen LogP contribution in [-0.2, 0) is 4.74 Å². The minimum atomic E-state index is -0.316. The van der Waals surface area contributed by atoms with Gasteiger partial charge in [-0.05, 0) is 38.0 Å². The molecule has 4 fully saturated rings. The van der Waals surface area contributed by atoms with E-state index in [9.17, 15) is 9.59 Å². The van der Waals surface area contributed by atoms with Gasteiger partial charge in [-0.2, -0.15) is 0 Å². The summed E-state index contributed by atoms with van der Waals surface area (Å²) in [6.07, 6.45) is 13.6. The van der Waals surface area contributed by atoms with Gasteiger partial charge in [0.15, 0.2) is 0 Å². The van der Waals surface area contributed by atoms with Crippen molar-refractivity contribution in [2.24, 2.45) is 5.92 Å². The lowest BCUT2D eigenvalue weighted by Crippen LogP contribution is -2.56. The zero-order valence-corrected chi connectivity index (χ0v) is 23.6. The number of hydrogen-bond acceptors (Lipinski definition) is 6. The van der Waals surface area contributed by atoms with E-state index < -0.39 is 0 Å². The number of amides is 2. The zero-order valence-electron chi connectivity index (χ0n) is 22.8. The van der Waals surface area contributed by atoms with E-state index in [4.69, 9.17) is 9.47 Å². The van der Waals surface area contributed by atoms with Crippen molar-refractivity contribution in [3.63, 3.8) is 0 Å². The molecule has 0 aromatic carbocycles. The van der Waals surface area contributed by atoms with Crippen molar-refractivity contribution in [1.29, 1.82) is 0 Å². The predicted octanol–water partition coefficient (Wildman–Crippen LogP) is 5.79. The third kappa shape index (κ3) is 5.65. The molecule has 5 rings (SSSR count). The molecular formula is C29H45N3O4S. The van der Waals surface area contributed by atoms with Gasteiger partial charge in [-0.1, -0.05) is 39.0 Å². The molecule has 0 bridgehead atoms. The number of carbonyl (C=O) groups excluding carboxylic acids is 2. The molecule has 1 saturated carbocycles. The van der Waals surface area contributed by atoms with Gasteiger partial charge >= 0.3 is 6.09 Å². The Balaban J connectivity index is 1.17. The van der Waals surface area contributed by atoms with Crippen LogP contribution in [-0.4, -0.2) is 84.2 Å². The van der Waals surface area contributed by atoms with E-state index in [1.165, 1.54) is 43.4 Å². The summed E-state index contributed by atoms with van der Waals surface area (Å²) in [4.78, 5) is 32.9. The summed E-state index contributed by atoms with van der Waals surface area (Å²) in [6, 6.07) is 0.722. The number of unbranched alkanes of at least 4 members (excludes halogenated alkanes) is 1. The van der Waals surface area contributed by atoms with E-state index in [1.54, 1.807) is 7.11 Å². The standard InChI is InChI=1S/C29H45N3O4S/c1-3-4-10-26-29(36-28(34)32(26)19-22-8-6-5-7-9-22)13-17-30(18-14-29)23-11-15-31(16-12-23)27(33)24-20-37-21-25(24)35-2/h20-23,26H,3-19H2,1-2H3. The normalized spacial score (nSPS) is 25.6. The van der Waals surface area contributed by atoms with Gasteiger partial charge in [0.2, 0.25) is 0 Å². The molecule has 1 aromatic heterocycles. The van der Waals surface area contributed by atoms with Crippen LogP contribution in [0.2, 0.25) is 0 Å². The third-order valence-electron chi connectivity index (χ3n) is 9.51. The van der Waals surface area contributed by atoms with Gasteiger partial charge in [0.25, 0.3) is 5.91 Å². The molecule has 2 amide bonds. The molecule has 8 heteroatoms. The van der Waals surface area contributed by atoms with Crippen LogP contribution in [0.1, 0.15) is 94.3 Å². The Morgan fingerprint density at radius 2 is 1.81 bits per heavy atom. The van der Waals surface area contributed by atoms with Crippen LogP contribution in [0.3, 0.4) is 0 Å². The van der Waals surface area contributed by atoms with Gasteiger partial charge in [0.1, 0.15) is 11.4 Å². The molecule has 1 unspecified atom stereocenters. The van der Waals surface area contributed by atoms with Crippen LogP contribution in [0.25, 0.3) is 0 Å². The highest BCUT2D eigenvalue weighted by Crippen LogP contribution is 2.43. The number of piperidine rings is 2. The van der Waals surface area contributed by atoms with Crippen LogP contribution < -0.4 is 4.74 Å². The molecule has 1 aromatic rings. The Morgan fingerprint density at radius 1 is 1.08 bits per heavy atom. The second kappa shape index (κ2) is 11.9. The first-order valence-electron chi connectivity index (χ1n) is 14.7. The third-order valence-corrected chi connectivity index (χ3v) is 10.2. The average molecular weight is 532 g/mol. The number of carbonyl (C=O) groups is 2. The molecule has 1 atom stereocenters. The van der Waals surface area contributed by atoms with Crippen LogP contribution in [0.4, 0.5) is 4.79 Å². The van der Waals surface area contributed by atoms with Crippen molar-refractivity contribution in [3.8, 4) is 5.75 Å². The van der Waals surface area contributed by atoms with E-state index in [1.807, 2.05) is 15.7 Å². The fraction of sp³-hybridized carbons (Fsp3) is 0.793. The van der Waals surface area contributed by atoms with E-state index in [0.717, 1.165) is 77.7 Å². The lowest BCUT2D eigenvalue weighted by Gasteiger charge is -2.46. The second-order valence-electron chi connectivity index (χ2n) is 11.7. The maximum absolute atomic E-state index is 13.2. The summed E-state index contributed by atoms with van der Waals surface area (Å²) < 4.78 is 11.7. The van der Waals surface area contributed by atoms with Crippen molar-refractivity contribution in [1.82, 2.24) is 14.7 Å². The van der Waals surface area contributed by atoms with Crippen molar-refractivity contribution >= 4 is 23.3 Å². The lowest BCUT2D eigenvalue weighted by atomic mass is 9.80. The molecular weight excluding hydrogens is 486 g/mol. The van der Waals surface area contributed by atoms with Crippen molar-refractivity contribution < 1.29 is 19.1 Å². The SMILES string of the molecule is CCCCC1N(CC2CCCCC2)C(=O)OC12CCN(C1CCN(C(=O)c3cscc3OC)CC1)CC2. The summed E-state index contributed by atoms with van der Waals surface area (Å²) in [5, 5.41) is 3.79. The highest BCUT2D eigenvalue weighted by atomic mass is 32.1. The summed E-state index contributed by atoms with van der Waals surface area (Å²) in [5.41, 5.74) is 0.369. The molecule has 4 aliphatic rings. The maximum Gasteiger partial charge on any atom is 0.410 e. The molecule has 0 radical (unpaired) electrons. The number of likely N-dealkylation sites (tertiary alicyclic amines) is 2. The number of thiophene rings is 1. The first-order valence-corrected chi connectivity index (χ1v) is 15.6. The molecule has 7 nitrogen and oxygen atoms in total. The Hall–Kier alpha value is -1.80. The molecule has 37 heavy (non-hydrogen) atoms. The Labute approximate surface area is 226 Å². The largest absolute Gasteiger partial charge is 0.495 e. The van der Waals surface area contributed by atoms with Gasteiger partial charge < -0.3 is 19.3 Å². The molecule has 3 saturated heterocycles. The number of methoxy groups -OCH3 is 1. The monoisotopic (exact) mass is 531 g/mol. The number of nitrogens with zero attached hydrogens (tertiary/aromatic N) is 3. The minimum Gasteiger partial charge on any atom is -0.495 e. The van der Waals surface area contributed by atoms with Crippen LogP contribution in [0.15, 0.2) is 10.8 Å². The molecule has 1 spiro atoms. The Kier molecular flexibility index (Phi) is 8.64. The first kappa shape index (κ1) is 26.8. The fourth-order valence-corrected chi connectivity index (χ4v) is 8.05. The summed E-state index contributed by atoms with van der Waals surface area (Å²) in [6.45, 7) is 6.65. The van der Waals surface area contributed by atoms with E-state index >= 15 is 0 Å². The van der Waals surface area contributed by atoms with Gasteiger partial charge in [0, 0.05) is 62.4 Å². The molecule has 0 N–H and O–H groups in total. The average Bonchev–Trinajstić information content (AvgIpc) is 3.51. The Morgan fingerprint density at radius 3 is 2.49 bits per heavy atom. The van der Waals surface area contributed by atoms with Gasteiger partial charge in [0.05, 0.1) is 18.7 Å². The summed E-state index contributed by atoms with van der Waals surface area (Å²) >= 11 is 1.51. The van der Waals surface area contributed by atoms with Crippen molar-refractivity contribution in [2.75, 3.05) is 39.8 Å². The zero-order chi connectivity index (χ0) is 25.8. The highest BCUT2D eigenvalue weighted by Gasteiger charge is 2.55. The van der Waals surface area contributed by atoms with Crippen molar-refractivity contribution in [3.05, 3.63) is 16.3 Å². The van der Waals surface area contributed by atoms with Gasteiger partial charge in [-0.15, -0.1) is 11.3 Å². The quantitative estimate of drug-likeness (QED) is 0.425. The number of rotatable bonds is 8. The molecule has 3 aliphatic heterocycles. The lowest BCUT2D eigenvalue weighted by molar-refractivity contribution is -0.0385. The molecule has 4 heterocycles. The number of hydrogen-bond donors (Lipinski definition) is 0. The summed E-state index contributed by atoms with van der Waals surface area (Å²) in [5.74, 6) is 1.41. The van der Waals surface area contributed by atoms with Gasteiger partial charge in [-0.25, -0.2) is 4.79 Å². The summed E-state index contributed by atoms with van der Waals surface area (Å²) in [7, 11) is 1.62. The minimum absolute atomic E-state index is 0.0594. The highest BCUT2D eigenvalue weighted by molar-refractivity contribution is 7.08. The van der Waals surface area contributed by atoms with E-state index in [-0.39, 0.29) is 23.6 Å². The number of ether oxygens (including phenoxy) is 2. The first-order chi connectivity index (χ1) is 18.0. The molecule has 206 valence electrons. The van der Waals surface area contributed by atoms with Crippen LogP contribution in [0.5, 0.6) is 5.75 Å². The van der Waals surface area contributed by atoms with Crippen LogP contribution >= 0.6 is 11.3 Å². The second-order valence-corrected chi connectivity index (χ2v) is 12.4. The van der Waals surface area contributed by atoms with Crippen molar-refractivity contribution in [2.45, 2.75) is 102 Å². The topological polar surface area (TPSA) is 62.3 Å². The van der Waals surface area contributed by atoms with E-state index in [0.29, 0.717) is 23.3 Å². The fourth-order valence-electron chi connectivity index (χ4n) is 7.28.